The minimum absolute atomic E-state index is 0.0485. The lowest BCUT2D eigenvalue weighted by Crippen LogP contribution is -2.61. The number of halogens is 4. The molecule has 1 aromatic heterocycles. The predicted molar refractivity (Wildman–Crippen MR) is 143 cm³/mol. The van der Waals surface area contributed by atoms with Gasteiger partial charge in [-0.15, -0.1) is 0 Å². The largest absolute Gasteiger partial charge is 0.494 e. The number of piperidine rings is 1. The normalized spacial score (nSPS) is 31.2. The van der Waals surface area contributed by atoms with Gasteiger partial charge in [0.2, 0.25) is 5.95 Å². The van der Waals surface area contributed by atoms with E-state index in [2.05, 4.69) is 25.5 Å². The molecule has 4 unspecified atom stereocenters. The molecule has 0 spiro atoms. The van der Waals surface area contributed by atoms with Crippen LogP contribution >= 0.6 is 11.6 Å². The first kappa shape index (κ1) is 26.9. The van der Waals surface area contributed by atoms with Crippen molar-refractivity contribution in [3.63, 3.8) is 0 Å². The van der Waals surface area contributed by atoms with Crippen molar-refractivity contribution >= 4 is 28.9 Å². The Morgan fingerprint density at radius 1 is 1.08 bits per heavy atom. The number of methoxy groups -OCH3 is 1. The minimum Gasteiger partial charge on any atom is -0.494 e. The van der Waals surface area contributed by atoms with Crippen molar-refractivity contribution < 1.29 is 23.0 Å². The van der Waals surface area contributed by atoms with Gasteiger partial charge >= 0.3 is 6.18 Å². The molecule has 39 heavy (non-hydrogen) atoms. The van der Waals surface area contributed by atoms with E-state index in [1.54, 1.807) is 6.07 Å². The van der Waals surface area contributed by atoms with Crippen LogP contribution in [0, 0.1) is 23.7 Å². The first-order chi connectivity index (χ1) is 18.7. The molecular weight excluding hydrogens is 531 g/mol. The number of rotatable bonds is 6. The van der Waals surface area contributed by atoms with Crippen LogP contribution in [0.5, 0.6) is 5.75 Å². The zero-order valence-corrected chi connectivity index (χ0v) is 22.7. The highest BCUT2D eigenvalue weighted by atomic mass is 35.5. The average Bonchev–Trinajstić information content (AvgIpc) is 2.89. The number of hydrogen-bond donors (Lipinski definition) is 3. The quantitative estimate of drug-likeness (QED) is 0.373. The second-order valence-corrected chi connectivity index (χ2v) is 12.0. The molecule has 6 rings (SSSR count). The van der Waals surface area contributed by atoms with Crippen molar-refractivity contribution in [1.82, 2.24) is 14.9 Å². The van der Waals surface area contributed by atoms with E-state index in [4.69, 9.17) is 16.3 Å². The van der Waals surface area contributed by atoms with Gasteiger partial charge in [0.15, 0.2) is 0 Å². The van der Waals surface area contributed by atoms with Gasteiger partial charge < -0.3 is 20.5 Å². The molecule has 11 heteroatoms. The lowest BCUT2D eigenvalue weighted by Gasteiger charge is -2.58. The van der Waals surface area contributed by atoms with Gasteiger partial charge in [0.1, 0.15) is 16.5 Å². The Labute approximate surface area is 231 Å². The number of aliphatic hydroxyl groups is 1. The molecule has 3 aliphatic carbocycles. The Balaban J connectivity index is 1.07. The molecule has 4 aliphatic rings. The summed E-state index contributed by atoms with van der Waals surface area (Å²) in [5, 5.41) is 16.6. The summed E-state index contributed by atoms with van der Waals surface area (Å²) in [4.78, 5) is 10.2. The molecular formula is C28H35ClF3N5O2. The van der Waals surface area contributed by atoms with Crippen LogP contribution in [0.4, 0.5) is 30.5 Å². The topological polar surface area (TPSA) is 82.5 Å². The fraction of sp³-hybridized carbons (Fsp3) is 0.643. The number of fused-ring (bicyclic) bond motifs is 2. The first-order valence-electron chi connectivity index (χ1n) is 13.9. The maximum absolute atomic E-state index is 13.0. The van der Waals surface area contributed by atoms with Crippen molar-refractivity contribution in [1.29, 1.82) is 0 Å². The molecule has 1 saturated heterocycles. The van der Waals surface area contributed by atoms with Crippen molar-refractivity contribution in [3.05, 3.63) is 35.1 Å². The summed E-state index contributed by atoms with van der Waals surface area (Å²) >= 11 is 5.73. The van der Waals surface area contributed by atoms with E-state index < -0.39 is 16.9 Å². The third-order valence-corrected chi connectivity index (χ3v) is 9.77. The van der Waals surface area contributed by atoms with Gasteiger partial charge in [-0.25, -0.2) is 9.97 Å². The summed E-state index contributed by atoms with van der Waals surface area (Å²) in [7, 11) is 1.54. The molecule has 3 bridgehead atoms. The second kappa shape index (κ2) is 10.6. The summed E-state index contributed by atoms with van der Waals surface area (Å²) in [5.41, 5.74) is 0.356. The highest BCUT2D eigenvalue weighted by molar-refractivity contribution is 6.30. The molecule has 0 radical (unpaired) electrons. The van der Waals surface area contributed by atoms with Crippen LogP contribution in [-0.2, 0) is 6.18 Å². The molecule has 4 fully saturated rings. The third-order valence-electron chi connectivity index (χ3n) is 9.48. The van der Waals surface area contributed by atoms with E-state index in [1.807, 2.05) is 12.1 Å². The molecule has 1 aliphatic heterocycles. The van der Waals surface area contributed by atoms with Crippen molar-refractivity contribution in [2.24, 2.45) is 23.7 Å². The number of aliphatic hydroxyl groups excluding tert-OH is 1. The summed E-state index contributed by atoms with van der Waals surface area (Å²) in [6.07, 6.45) is 4.10. The Bertz CT molecular complexity index is 1190. The van der Waals surface area contributed by atoms with Crippen LogP contribution < -0.4 is 15.4 Å². The molecule has 212 valence electrons. The number of aromatic nitrogens is 2. The van der Waals surface area contributed by atoms with E-state index in [0.717, 1.165) is 44.0 Å². The van der Waals surface area contributed by atoms with Crippen molar-refractivity contribution in [2.75, 3.05) is 30.8 Å². The number of anilines is 3. The van der Waals surface area contributed by atoms with Gasteiger partial charge in [-0.1, -0.05) is 18.0 Å². The third kappa shape index (κ3) is 5.39. The molecule has 7 nitrogen and oxygen atoms in total. The second-order valence-electron chi connectivity index (χ2n) is 11.7. The molecule has 1 aromatic carbocycles. The average molecular weight is 566 g/mol. The number of nitrogens with zero attached hydrogens (tertiary/aromatic N) is 3. The van der Waals surface area contributed by atoms with Gasteiger partial charge in [-0.05, 0) is 74.3 Å². The zero-order valence-electron chi connectivity index (χ0n) is 21.9. The summed E-state index contributed by atoms with van der Waals surface area (Å²) in [5.74, 6) is 3.12. The van der Waals surface area contributed by atoms with Gasteiger partial charge in [-0.3, -0.25) is 4.90 Å². The smallest absolute Gasteiger partial charge is 0.420 e. The number of benzene rings is 1. The van der Waals surface area contributed by atoms with Gasteiger partial charge in [0, 0.05) is 43.1 Å². The molecule has 0 amide bonds. The Morgan fingerprint density at radius 3 is 2.59 bits per heavy atom. The fourth-order valence-corrected chi connectivity index (χ4v) is 8.04. The molecule has 2 aromatic rings. The molecule has 2 heterocycles. The molecule has 3 N–H and O–H groups in total. The van der Waals surface area contributed by atoms with Crippen LogP contribution in [0.1, 0.15) is 50.5 Å². The minimum atomic E-state index is -4.62. The van der Waals surface area contributed by atoms with Gasteiger partial charge in [-0.2, -0.15) is 13.2 Å². The summed E-state index contributed by atoms with van der Waals surface area (Å²) in [6.45, 7) is 2.12. The van der Waals surface area contributed by atoms with Crippen LogP contribution in [0.2, 0.25) is 5.15 Å². The van der Waals surface area contributed by atoms with Crippen LogP contribution in [-0.4, -0.2) is 58.4 Å². The number of alkyl halides is 3. The zero-order chi connectivity index (χ0) is 27.3. The van der Waals surface area contributed by atoms with Crippen LogP contribution in [0.15, 0.2) is 24.4 Å². The van der Waals surface area contributed by atoms with E-state index in [-0.39, 0.29) is 12.1 Å². The van der Waals surface area contributed by atoms with E-state index in [0.29, 0.717) is 47.5 Å². The fourth-order valence-electron chi connectivity index (χ4n) is 7.80. The lowest BCUT2D eigenvalue weighted by atomic mass is 9.54. The molecule has 3 saturated carbocycles. The summed E-state index contributed by atoms with van der Waals surface area (Å²) in [6, 6.07) is 6.53. The Hall–Kier alpha value is -2.30. The van der Waals surface area contributed by atoms with Gasteiger partial charge in [0.25, 0.3) is 0 Å². The van der Waals surface area contributed by atoms with Crippen LogP contribution in [0.3, 0.4) is 0 Å². The number of hydrogen-bond acceptors (Lipinski definition) is 7. The number of nitrogens with one attached hydrogen (secondary N) is 2. The maximum atomic E-state index is 13.0. The number of likely N-dealkylation sites (tertiary alicyclic amines) is 1. The predicted octanol–water partition coefficient (Wildman–Crippen LogP) is 5.96. The van der Waals surface area contributed by atoms with Crippen molar-refractivity contribution in [3.8, 4) is 5.75 Å². The Kier molecular flexibility index (Phi) is 7.31. The van der Waals surface area contributed by atoms with Crippen LogP contribution in [0.25, 0.3) is 0 Å². The SMILES string of the molecule is COc1cc(NC2CCN([C@@H]3C4CC5CCC(C3C5)[C@H](O)C4)CC2)ccc1Nc1ncc(C(F)(F)F)c(Cl)n1. The highest BCUT2D eigenvalue weighted by Gasteiger charge is 2.52. The van der Waals surface area contributed by atoms with Gasteiger partial charge in [0.05, 0.1) is 18.9 Å². The van der Waals surface area contributed by atoms with E-state index in [9.17, 15) is 18.3 Å². The lowest BCUT2D eigenvalue weighted by molar-refractivity contribution is -0.137. The van der Waals surface area contributed by atoms with E-state index in [1.165, 1.54) is 32.8 Å². The first-order valence-corrected chi connectivity index (χ1v) is 14.3. The highest BCUT2D eigenvalue weighted by Crippen LogP contribution is 2.54. The van der Waals surface area contributed by atoms with Crippen molar-refractivity contribution in [2.45, 2.75) is 69.3 Å². The Morgan fingerprint density at radius 2 is 1.87 bits per heavy atom. The number of ether oxygens (including phenoxy) is 1. The monoisotopic (exact) mass is 565 g/mol. The summed E-state index contributed by atoms with van der Waals surface area (Å²) < 4.78 is 44.4. The standard InChI is InChI=1S/C28H35ClF3N5O2/c1-39-24-13-18(3-5-22(24)35-27-33-14-21(26(29)36-27)28(30,31)32)34-17-6-8-37(9-7-17)25-16-10-15-2-4-19(20(25)11-15)23(38)12-16/h3,5,13-17,19-20,23,25,34,38H,2,4,6-12H2,1H3,(H,33,35,36)/t15?,16?,19?,20?,23-,25-/m1/s1. The van der Waals surface area contributed by atoms with E-state index >= 15 is 0 Å². The molecule has 6 atom stereocenters. The maximum Gasteiger partial charge on any atom is 0.420 e.